The Labute approximate surface area is 113 Å². The zero-order valence-corrected chi connectivity index (χ0v) is 10.9. The van der Waals surface area contributed by atoms with E-state index in [4.69, 9.17) is 9.47 Å². The molecule has 1 aliphatic carbocycles. The van der Waals surface area contributed by atoms with Crippen LogP contribution in [0.5, 0.6) is 0 Å². The van der Waals surface area contributed by atoms with Gasteiger partial charge in [-0.15, -0.1) is 0 Å². The van der Waals surface area contributed by atoms with Crippen LogP contribution in [0, 0.1) is 5.92 Å². The van der Waals surface area contributed by atoms with Crippen molar-refractivity contribution in [1.82, 2.24) is 5.32 Å². The van der Waals surface area contributed by atoms with Crippen molar-refractivity contribution in [2.75, 3.05) is 19.8 Å². The van der Waals surface area contributed by atoms with Crippen molar-refractivity contribution in [3.05, 3.63) is 35.4 Å². The van der Waals surface area contributed by atoms with E-state index in [0.717, 1.165) is 25.7 Å². The Balaban J connectivity index is 1.91. The van der Waals surface area contributed by atoms with Gasteiger partial charge in [-0.25, -0.2) is 0 Å². The van der Waals surface area contributed by atoms with Crippen LogP contribution in [0.3, 0.4) is 0 Å². The minimum absolute atomic E-state index is 0.385. The molecule has 1 aromatic rings. The molecule has 2 aliphatic rings. The Hall–Kier alpha value is -1.39. The van der Waals surface area contributed by atoms with Gasteiger partial charge in [0.25, 0.3) is 0 Å². The zero-order valence-electron chi connectivity index (χ0n) is 10.9. The van der Waals surface area contributed by atoms with Gasteiger partial charge in [-0.1, -0.05) is 24.3 Å². The molecular formula is C15H19NO3. The lowest BCUT2D eigenvalue weighted by atomic mass is 9.94. The molecule has 19 heavy (non-hydrogen) atoms. The summed E-state index contributed by atoms with van der Waals surface area (Å²) in [5.74, 6) is -0.210. The minimum Gasteiger partial charge on any atom is -0.358 e. The van der Waals surface area contributed by atoms with Crippen molar-refractivity contribution in [1.29, 1.82) is 0 Å². The maximum atomic E-state index is 10.5. The van der Waals surface area contributed by atoms with Crippen molar-refractivity contribution in [3.63, 3.8) is 0 Å². The fourth-order valence-electron chi connectivity index (χ4n) is 3.18. The summed E-state index contributed by atoms with van der Waals surface area (Å²) >= 11 is 0. The number of carbonyl (C=O) groups excluding carboxylic acids is 1. The van der Waals surface area contributed by atoms with Gasteiger partial charge in [-0.2, -0.15) is 0 Å². The summed E-state index contributed by atoms with van der Waals surface area (Å²) in [4.78, 5) is 10.5. The number of ether oxygens (including phenoxy) is 2. The number of aryl methyl sites for hydroxylation is 1. The Bertz CT molecular complexity index is 454. The number of carbonyl (C=O) groups is 1. The van der Waals surface area contributed by atoms with E-state index in [1.54, 1.807) is 0 Å². The van der Waals surface area contributed by atoms with Crippen LogP contribution in [-0.2, 0) is 26.5 Å². The van der Waals surface area contributed by atoms with Gasteiger partial charge in [-0.3, -0.25) is 4.79 Å². The first-order valence-electron chi connectivity index (χ1n) is 6.87. The topological polar surface area (TPSA) is 47.6 Å². The minimum atomic E-state index is -0.595. The second kappa shape index (κ2) is 5.31. The molecule has 1 amide bonds. The molecule has 0 aromatic heterocycles. The number of hydrogen-bond donors (Lipinski definition) is 1. The molecular weight excluding hydrogens is 242 g/mol. The third-order valence-corrected chi connectivity index (χ3v) is 4.05. The molecule has 1 saturated heterocycles. The number of amides is 1. The second-order valence-corrected chi connectivity index (χ2v) is 5.24. The Morgan fingerprint density at radius 2 is 2.11 bits per heavy atom. The van der Waals surface area contributed by atoms with Crippen molar-refractivity contribution in [2.24, 2.45) is 5.92 Å². The number of benzene rings is 1. The van der Waals surface area contributed by atoms with E-state index in [1.165, 1.54) is 11.1 Å². The van der Waals surface area contributed by atoms with Gasteiger partial charge >= 0.3 is 0 Å². The molecule has 102 valence electrons. The summed E-state index contributed by atoms with van der Waals surface area (Å²) in [5, 5.41) is 2.79. The molecule has 3 rings (SSSR count). The van der Waals surface area contributed by atoms with E-state index < -0.39 is 5.79 Å². The summed E-state index contributed by atoms with van der Waals surface area (Å²) in [6.45, 7) is 1.97. The summed E-state index contributed by atoms with van der Waals surface area (Å²) in [5.41, 5.74) is 2.47. The largest absolute Gasteiger partial charge is 0.358 e. The molecule has 0 bridgehead atoms. The molecule has 1 spiro atoms. The number of rotatable bonds is 3. The fraction of sp³-hybridized carbons (Fsp3) is 0.533. The average molecular weight is 261 g/mol. The highest BCUT2D eigenvalue weighted by atomic mass is 16.7. The van der Waals surface area contributed by atoms with Crippen molar-refractivity contribution in [2.45, 2.75) is 25.0 Å². The van der Waals surface area contributed by atoms with E-state index in [0.29, 0.717) is 25.7 Å². The van der Waals surface area contributed by atoms with Crippen molar-refractivity contribution in [3.8, 4) is 0 Å². The van der Waals surface area contributed by atoms with Crippen molar-refractivity contribution < 1.29 is 14.3 Å². The van der Waals surface area contributed by atoms with Crippen LogP contribution in [0.15, 0.2) is 24.3 Å². The summed E-state index contributed by atoms with van der Waals surface area (Å²) < 4.78 is 11.9. The lowest BCUT2D eigenvalue weighted by molar-refractivity contribution is -0.177. The first-order valence-corrected chi connectivity index (χ1v) is 6.87. The van der Waals surface area contributed by atoms with Crippen LogP contribution < -0.4 is 5.32 Å². The molecule has 4 nitrogen and oxygen atoms in total. The van der Waals surface area contributed by atoms with Gasteiger partial charge in [0.15, 0.2) is 5.79 Å². The second-order valence-electron chi connectivity index (χ2n) is 5.24. The van der Waals surface area contributed by atoms with E-state index in [9.17, 15) is 4.79 Å². The molecule has 1 heterocycles. The standard InChI is InChI=1S/C15H19NO3/c17-11-16-10-12-5-6-13-3-1-2-4-14(13)15(9-12)18-7-8-19-15/h1-4,11-12H,5-10H2,(H,16,17). The molecule has 0 radical (unpaired) electrons. The van der Waals surface area contributed by atoms with Crippen LogP contribution in [0.2, 0.25) is 0 Å². The van der Waals surface area contributed by atoms with Crippen LogP contribution >= 0.6 is 0 Å². The normalized spacial score (nSPS) is 24.7. The molecule has 1 N–H and O–H groups in total. The van der Waals surface area contributed by atoms with Crippen LogP contribution in [0.1, 0.15) is 24.0 Å². The highest BCUT2D eigenvalue weighted by Gasteiger charge is 2.43. The predicted molar refractivity (Wildman–Crippen MR) is 70.5 cm³/mol. The molecule has 4 heteroatoms. The average Bonchev–Trinajstić information content (AvgIpc) is 2.85. The molecule has 1 aromatic carbocycles. The lowest BCUT2D eigenvalue weighted by Crippen LogP contribution is -2.32. The maximum absolute atomic E-state index is 10.5. The van der Waals surface area contributed by atoms with Gasteiger partial charge in [0.1, 0.15) is 0 Å². The highest BCUT2D eigenvalue weighted by Crippen LogP contribution is 2.42. The van der Waals surface area contributed by atoms with E-state index in [-0.39, 0.29) is 0 Å². The summed E-state index contributed by atoms with van der Waals surface area (Å²) in [7, 11) is 0. The summed E-state index contributed by atoms with van der Waals surface area (Å²) in [6.07, 6.45) is 3.63. The highest BCUT2D eigenvalue weighted by molar-refractivity contribution is 5.45. The zero-order chi connectivity index (χ0) is 13.1. The van der Waals surface area contributed by atoms with Crippen LogP contribution in [0.4, 0.5) is 0 Å². The summed E-state index contributed by atoms with van der Waals surface area (Å²) in [6, 6.07) is 8.36. The Kier molecular flexibility index (Phi) is 3.53. The van der Waals surface area contributed by atoms with Crippen LogP contribution in [-0.4, -0.2) is 26.2 Å². The monoisotopic (exact) mass is 261 g/mol. The first kappa shape index (κ1) is 12.6. The molecule has 1 atom stereocenters. The quantitative estimate of drug-likeness (QED) is 0.840. The molecule has 1 fully saturated rings. The SMILES string of the molecule is O=CNCC1CCc2ccccc2C2(C1)OCCO2. The van der Waals surface area contributed by atoms with Gasteiger partial charge in [0.2, 0.25) is 6.41 Å². The lowest BCUT2D eigenvalue weighted by Gasteiger charge is -2.30. The van der Waals surface area contributed by atoms with E-state index in [2.05, 4.69) is 23.5 Å². The number of hydrogen-bond acceptors (Lipinski definition) is 3. The molecule has 0 saturated carbocycles. The molecule has 1 unspecified atom stereocenters. The molecule has 1 aliphatic heterocycles. The number of fused-ring (bicyclic) bond motifs is 2. The smallest absolute Gasteiger partial charge is 0.207 e. The Morgan fingerprint density at radius 1 is 1.32 bits per heavy atom. The first-order chi connectivity index (χ1) is 9.34. The third-order valence-electron chi connectivity index (χ3n) is 4.05. The maximum Gasteiger partial charge on any atom is 0.207 e. The van der Waals surface area contributed by atoms with E-state index in [1.807, 2.05) is 6.07 Å². The van der Waals surface area contributed by atoms with Gasteiger partial charge in [0.05, 0.1) is 13.2 Å². The van der Waals surface area contributed by atoms with E-state index >= 15 is 0 Å². The number of nitrogens with one attached hydrogen (secondary N) is 1. The fourth-order valence-corrected chi connectivity index (χ4v) is 3.18. The van der Waals surface area contributed by atoms with Crippen molar-refractivity contribution >= 4 is 6.41 Å². The van der Waals surface area contributed by atoms with Gasteiger partial charge in [0, 0.05) is 18.5 Å². The third kappa shape index (κ3) is 2.38. The van der Waals surface area contributed by atoms with Gasteiger partial charge < -0.3 is 14.8 Å². The Morgan fingerprint density at radius 3 is 2.89 bits per heavy atom. The predicted octanol–water partition coefficient (Wildman–Crippen LogP) is 1.58. The van der Waals surface area contributed by atoms with Gasteiger partial charge in [-0.05, 0) is 24.3 Å². The van der Waals surface area contributed by atoms with Crippen LogP contribution in [0.25, 0.3) is 0 Å².